The smallest absolute Gasteiger partial charge is 0.333 e. The monoisotopic (exact) mass is 212 g/mol. The third-order valence-corrected chi connectivity index (χ3v) is 1.23. The molecule has 0 saturated carbocycles. The Balaban J connectivity index is 4.15. The molecule has 0 bridgehead atoms. The largest absolute Gasteiger partial charge is 0.421 e. The molecule has 0 radical (unpaired) electrons. The number of Topliss-reactive ketones (excluding diaryl/α,β-unsaturated/α-hetero) is 1. The highest BCUT2D eigenvalue weighted by Gasteiger charge is 2.15. The van der Waals surface area contributed by atoms with Gasteiger partial charge in [0.05, 0.1) is 0 Å². The second-order valence-electron chi connectivity index (χ2n) is 2.61. The van der Waals surface area contributed by atoms with Crippen molar-refractivity contribution in [3.8, 4) is 0 Å². The summed E-state index contributed by atoms with van der Waals surface area (Å²) in [5, 5.41) is 0. The first-order valence-electron chi connectivity index (χ1n) is 4.14. The predicted octanol–water partition coefficient (Wildman–Crippen LogP) is 0.750. The highest BCUT2D eigenvalue weighted by molar-refractivity contribution is 5.94. The zero-order chi connectivity index (χ0) is 11.8. The lowest BCUT2D eigenvalue weighted by Crippen LogP contribution is -2.22. The fourth-order valence-corrected chi connectivity index (χ4v) is 0.657. The Hall–Kier alpha value is -1.91. The molecule has 0 aromatic rings. The van der Waals surface area contributed by atoms with Crippen LogP contribution in [0.5, 0.6) is 0 Å². The van der Waals surface area contributed by atoms with E-state index in [1.807, 2.05) is 0 Å². The molecular formula is C10H12O5. The maximum atomic E-state index is 11.0. The van der Waals surface area contributed by atoms with Gasteiger partial charge in [-0.3, -0.25) is 9.59 Å². The summed E-state index contributed by atoms with van der Waals surface area (Å²) in [5.41, 5.74) is 0. The number of rotatable bonds is 6. The average molecular weight is 212 g/mol. The van der Waals surface area contributed by atoms with Gasteiger partial charge in [0.15, 0.2) is 0 Å². The second-order valence-corrected chi connectivity index (χ2v) is 2.61. The summed E-state index contributed by atoms with van der Waals surface area (Å²) in [5.74, 6) is -1.85. The highest BCUT2D eigenvalue weighted by atomic mass is 16.7. The minimum Gasteiger partial charge on any atom is -0.421 e. The lowest BCUT2D eigenvalue weighted by molar-refractivity contribution is -0.176. The van der Waals surface area contributed by atoms with Crippen LogP contribution in [0.4, 0.5) is 0 Å². The number of hydrogen-bond donors (Lipinski definition) is 0. The topological polar surface area (TPSA) is 69.7 Å². The van der Waals surface area contributed by atoms with Crippen molar-refractivity contribution in [2.24, 2.45) is 0 Å². The SMILES string of the molecule is C=CC(=O)OC(C=C)OC(=O)CC(C)=O. The third kappa shape index (κ3) is 6.20. The van der Waals surface area contributed by atoms with Crippen LogP contribution < -0.4 is 0 Å². The van der Waals surface area contributed by atoms with Crippen molar-refractivity contribution in [1.82, 2.24) is 0 Å². The van der Waals surface area contributed by atoms with Gasteiger partial charge in [0.2, 0.25) is 0 Å². The number of ether oxygens (including phenoxy) is 2. The van der Waals surface area contributed by atoms with E-state index in [-0.39, 0.29) is 12.2 Å². The second kappa shape index (κ2) is 6.53. The van der Waals surface area contributed by atoms with E-state index in [2.05, 4.69) is 22.6 Å². The Kier molecular flexibility index (Phi) is 5.70. The van der Waals surface area contributed by atoms with Gasteiger partial charge < -0.3 is 9.47 Å². The Morgan fingerprint density at radius 2 is 1.87 bits per heavy atom. The first kappa shape index (κ1) is 13.1. The first-order valence-corrected chi connectivity index (χ1v) is 4.14. The number of carbonyl (C=O) groups excluding carboxylic acids is 3. The van der Waals surface area contributed by atoms with Crippen molar-refractivity contribution >= 4 is 17.7 Å². The van der Waals surface area contributed by atoms with E-state index in [0.29, 0.717) is 0 Å². The molecule has 0 aromatic carbocycles. The van der Waals surface area contributed by atoms with Crippen LogP contribution in [-0.4, -0.2) is 24.0 Å². The van der Waals surface area contributed by atoms with Gasteiger partial charge in [-0.15, -0.1) is 0 Å². The molecule has 1 unspecified atom stereocenters. The molecule has 0 amide bonds. The van der Waals surface area contributed by atoms with Crippen LogP contribution in [0.15, 0.2) is 25.3 Å². The van der Waals surface area contributed by atoms with Gasteiger partial charge >= 0.3 is 11.9 Å². The Morgan fingerprint density at radius 3 is 2.27 bits per heavy atom. The molecule has 0 spiro atoms. The van der Waals surface area contributed by atoms with Gasteiger partial charge in [-0.2, -0.15) is 0 Å². The van der Waals surface area contributed by atoms with Crippen molar-refractivity contribution in [2.75, 3.05) is 0 Å². The molecule has 0 aliphatic heterocycles. The quantitative estimate of drug-likeness (QED) is 0.213. The van der Waals surface area contributed by atoms with E-state index in [1.54, 1.807) is 0 Å². The molecule has 5 heteroatoms. The Morgan fingerprint density at radius 1 is 1.27 bits per heavy atom. The van der Waals surface area contributed by atoms with Crippen LogP contribution in [0.2, 0.25) is 0 Å². The zero-order valence-electron chi connectivity index (χ0n) is 8.39. The van der Waals surface area contributed by atoms with Crippen molar-refractivity contribution in [2.45, 2.75) is 19.6 Å². The van der Waals surface area contributed by atoms with Crippen molar-refractivity contribution in [3.05, 3.63) is 25.3 Å². The standard InChI is InChI=1S/C10H12O5/c1-4-8(12)14-10(5-2)15-9(13)6-7(3)11/h4-5,10H,1-2,6H2,3H3. The zero-order valence-corrected chi connectivity index (χ0v) is 8.39. The molecule has 0 N–H and O–H groups in total. The van der Waals surface area contributed by atoms with E-state index in [4.69, 9.17) is 0 Å². The van der Waals surface area contributed by atoms with Gasteiger partial charge in [0.1, 0.15) is 12.2 Å². The predicted molar refractivity (Wildman–Crippen MR) is 51.7 cm³/mol. The Bertz CT molecular complexity index is 292. The van der Waals surface area contributed by atoms with Crippen molar-refractivity contribution in [1.29, 1.82) is 0 Å². The first-order chi connectivity index (χ1) is 6.99. The highest BCUT2D eigenvalue weighted by Crippen LogP contribution is 2.00. The van der Waals surface area contributed by atoms with Crippen LogP contribution in [0.25, 0.3) is 0 Å². The van der Waals surface area contributed by atoms with Crippen molar-refractivity contribution in [3.63, 3.8) is 0 Å². The summed E-state index contributed by atoms with van der Waals surface area (Å²) in [7, 11) is 0. The van der Waals surface area contributed by atoms with Gasteiger partial charge in [0, 0.05) is 6.08 Å². The fourth-order valence-electron chi connectivity index (χ4n) is 0.657. The lowest BCUT2D eigenvalue weighted by Gasteiger charge is -2.12. The molecule has 0 heterocycles. The maximum Gasteiger partial charge on any atom is 0.333 e. The molecule has 0 aliphatic rings. The van der Waals surface area contributed by atoms with Crippen LogP contribution in [-0.2, 0) is 23.9 Å². The molecule has 1 atom stereocenters. The number of ketones is 1. The van der Waals surface area contributed by atoms with Crippen LogP contribution >= 0.6 is 0 Å². The molecule has 5 nitrogen and oxygen atoms in total. The van der Waals surface area contributed by atoms with Crippen molar-refractivity contribution < 1.29 is 23.9 Å². The van der Waals surface area contributed by atoms with E-state index < -0.39 is 18.2 Å². The van der Waals surface area contributed by atoms with Gasteiger partial charge in [-0.25, -0.2) is 4.79 Å². The summed E-state index contributed by atoms with van der Waals surface area (Å²) in [6.07, 6.45) is 0.493. The van der Waals surface area contributed by atoms with E-state index in [0.717, 1.165) is 12.2 Å². The fraction of sp³-hybridized carbons (Fsp3) is 0.300. The number of hydrogen-bond acceptors (Lipinski definition) is 5. The molecular weight excluding hydrogens is 200 g/mol. The summed E-state index contributed by atoms with van der Waals surface area (Å²) < 4.78 is 9.19. The molecule has 0 rings (SSSR count). The molecule has 82 valence electrons. The number of carbonyl (C=O) groups is 3. The molecule has 0 fully saturated rings. The Labute approximate surface area is 87.4 Å². The van der Waals surface area contributed by atoms with Gasteiger partial charge in [-0.05, 0) is 13.0 Å². The van der Waals surface area contributed by atoms with E-state index in [9.17, 15) is 14.4 Å². The summed E-state index contributed by atoms with van der Waals surface area (Å²) in [6, 6.07) is 0. The summed E-state index contributed by atoms with van der Waals surface area (Å²) in [6.45, 7) is 7.73. The summed E-state index contributed by atoms with van der Waals surface area (Å²) in [4.78, 5) is 32.3. The van der Waals surface area contributed by atoms with E-state index >= 15 is 0 Å². The average Bonchev–Trinajstić information content (AvgIpc) is 2.15. The summed E-state index contributed by atoms with van der Waals surface area (Å²) >= 11 is 0. The minimum atomic E-state index is -1.19. The third-order valence-electron chi connectivity index (χ3n) is 1.23. The minimum absolute atomic E-state index is 0.335. The lowest BCUT2D eigenvalue weighted by atomic mass is 10.3. The molecule has 0 aliphatic carbocycles. The molecule has 0 saturated heterocycles. The van der Waals surface area contributed by atoms with Crippen LogP contribution in [0.1, 0.15) is 13.3 Å². The van der Waals surface area contributed by atoms with Gasteiger partial charge in [-0.1, -0.05) is 13.2 Å². The van der Waals surface area contributed by atoms with E-state index in [1.165, 1.54) is 6.92 Å². The maximum absolute atomic E-state index is 11.0. The normalized spacial score (nSPS) is 11.0. The van der Waals surface area contributed by atoms with Crippen LogP contribution in [0, 0.1) is 0 Å². The molecule has 0 aromatic heterocycles. The van der Waals surface area contributed by atoms with Crippen LogP contribution in [0.3, 0.4) is 0 Å². The number of esters is 2. The molecule has 15 heavy (non-hydrogen) atoms. The van der Waals surface area contributed by atoms with Gasteiger partial charge in [0.25, 0.3) is 6.29 Å².